The lowest BCUT2D eigenvalue weighted by atomic mass is 9.59. The van der Waals surface area contributed by atoms with Crippen molar-refractivity contribution < 1.29 is 53.4 Å². The molecular weight excluding hydrogens is 644 g/mol. The normalized spacial score (nSPS) is 33.4. The van der Waals surface area contributed by atoms with Crippen LogP contribution in [0.1, 0.15) is 52.2 Å². The average Bonchev–Trinajstić information content (AvgIpc) is 3.48. The lowest BCUT2D eigenvalue weighted by molar-refractivity contribution is -0.228. The Balaban J connectivity index is 1.38. The first-order chi connectivity index (χ1) is 23.5. The number of methoxy groups -OCH3 is 1. The van der Waals surface area contributed by atoms with E-state index in [2.05, 4.69) is 0 Å². The number of Topliss-reactive ketones (excluding diaryl/α,β-unsaturated/α-hetero) is 1. The molecule has 8 atom stereocenters. The topological polar surface area (TPSA) is 166 Å². The van der Waals surface area contributed by atoms with Crippen molar-refractivity contribution in [2.24, 2.45) is 29.1 Å². The standard InChI is InChI=1S/C39H44O11/c1-21-14-30-37(45,34(21)44)19-26(20-48-31(42)18-25-12-13-28(41)29(16-25)47-6)15-27-33-36(4,5)39(33,35(49-23(3)40)22(2)38(27,30)46)50-32(43)17-24-10-8-7-9-11-24/h7-16,22,27,30,33,35,41,45-46H,17-20H2,1-6H3/t22-,27+,30-,33-,35-,37-,38-,39-/m1/s1. The molecule has 2 saturated carbocycles. The number of fused-ring (bicyclic) bond motifs is 5. The fraction of sp³-hybridized carbons (Fsp3) is 0.487. The quantitative estimate of drug-likeness (QED) is 0.199. The van der Waals surface area contributed by atoms with E-state index in [0.29, 0.717) is 11.1 Å². The van der Waals surface area contributed by atoms with Crippen molar-refractivity contribution >= 4 is 23.7 Å². The smallest absolute Gasteiger partial charge is 0.310 e. The zero-order valence-electron chi connectivity index (χ0n) is 29.1. The second-order valence-corrected chi connectivity index (χ2v) is 14.8. The molecule has 0 unspecified atom stereocenters. The maximum absolute atomic E-state index is 13.7. The van der Waals surface area contributed by atoms with Crippen molar-refractivity contribution in [3.8, 4) is 11.5 Å². The summed E-state index contributed by atoms with van der Waals surface area (Å²) in [6.45, 7) is 8.02. The summed E-state index contributed by atoms with van der Waals surface area (Å²) in [5, 5.41) is 35.1. The molecule has 3 N–H and O–H groups in total. The first kappa shape index (κ1) is 35.3. The van der Waals surface area contributed by atoms with Gasteiger partial charge in [0.25, 0.3) is 0 Å². The van der Waals surface area contributed by atoms with Crippen molar-refractivity contribution in [2.75, 3.05) is 13.7 Å². The molecule has 4 aliphatic rings. The average molecular weight is 689 g/mol. The first-order valence-corrected chi connectivity index (χ1v) is 16.8. The largest absolute Gasteiger partial charge is 0.504 e. The Hall–Kier alpha value is -4.48. The van der Waals surface area contributed by atoms with Crippen molar-refractivity contribution in [2.45, 2.75) is 76.8 Å². The van der Waals surface area contributed by atoms with E-state index in [0.717, 1.165) is 5.56 Å². The third kappa shape index (κ3) is 5.42. The van der Waals surface area contributed by atoms with Crippen LogP contribution in [0.4, 0.5) is 0 Å². The van der Waals surface area contributed by atoms with Gasteiger partial charge in [-0.25, -0.2) is 0 Å². The predicted octanol–water partition coefficient (Wildman–Crippen LogP) is 3.80. The summed E-state index contributed by atoms with van der Waals surface area (Å²) in [7, 11) is 1.40. The van der Waals surface area contributed by atoms with Gasteiger partial charge >= 0.3 is 17.9 Å². The summed E-state index contributed by atoms with van der Waals surface area (Å²) in [5.74, 6) is -5.63. The van der Waals surface area contributed by atoms with Crippen LogP contribution >= 0.6 is 0 Å². The minimum Gasteiger partial charge on any atom is -0.504 e. The van der Waals surface area contributed by atoms with Gasteiger partial charge in [0.2, 0.25) is 0 Å². The summed E-state index contributed by atoms with van der Waals surface area (Å²) in [4.78, 5) is 52.9. The fourth-order valence-electron chi connectivity index (χ4n) is 9.20. The van der Waals surface area contributed by atoms with Gasteiger partial charge < -0.3 is 34.3 Å². The van der Waals surface area contributed by atoms with Crippen LogP contribution in [0.2, 0.25) is 0 Å². The van der Waals surface area contributed by atoms with E-state index < -0.39 is 75.7 Å². The van der Waals surface area contributed by atoms with E-state index in [4.69, 9.17) is 18.9 Å². The zero-order valence-corrected chi connectivity index (χ0v) is 29.1. The molecular formula is C39H44O11. The van der Waals surface area contributed by atoms with Gasteiger partial charge in [-0.05, 0) is 41.3 Å². The number of ether oxygens (including phenoxy) is 4. The van der Waals surface area contributed by atoms with Crippen LogP contribution in [0, 0.1) is 29.1 Å². The third-order valence-corrected chi connectivity index (χ3v) is 11.5. The monoisotopic (exact) mass is 688 g/mol. The van der Waals surface area contributed by atoms with Gasteiger partial charge in [0, 0.05) is 42.4 Å². The number of ketones is 1. The number of rotatable bonds is 9. The third-order valence-electron chi connectivity index (χ3n) is 11.5. The highest BCUT2D eigenvalue weighted by Gasteiger charge is 2.87. The molecule has 2 fully saturated rings. The Labute approximate surface area is 290 Å². The van der Waals surface area contributed by atoms with E-state index in [9.17, 15) is 34.5 Å². The number of carbonyl (C=O) groups is 4. The molecule has 2 aromatic rings. The molecule has 0 amide bonds. The van der Waals surface area contributed by atoms with Crippen LogP contribution in [0.15, 0.2) is 71.8 Å². The molecule has 4 aliphatic carbocycles. The number of hydrogen-bond donors (Lipinski definition) is 3. The van der Waals surface area contributed by atoms with E-state index >= 15 is 0 Å². The van der Waals surface area contributed by atoms with E-state index in [1.165, 1.54) is 26.2 Å². The van der Waals surface area contributed by atoms with Gasteiger partial charge in [-0.15, -0.1) is 0 Å². The Morgan fingerprint density at radius 3 is 2.30 bits per heavy atom. The number of benzene rings is 2. The van der Waals surface area contributed by atoms with Crippen LogP contribution < -0.4 is 4.74 Å². The number of esters is 3. The van der Waals surface area contributed by atoms with Gasteiger partial charge in [-0.2, -0.15) is 0 Å². The van der Waals surface area contributed by atoms with E-state index in [-0.39, 0.29) is 42.9 Å². The molecule has 0 bridgehead atoms. The lowest BCUT2D eigenvalue weighted by Gasteiger charge is -2.53. The Kier molecular flexibility index (Phi) is 8.75. The summed E-state index contributed by atoms with van der Waals surface area (Å²) >= 11 is 0. The van der Waals surface area contributed by atoms with Crippen molar-refractivity contribution in [1.82, 2.24) is 0 Å². The lowest BCUT2D eigenvalue weighted by Crippen LogP contribution is -2.66. The van der Waals surface area contributed by atoms with E-state index in [1.54, 1.807) is 32.1 Å². The van der Waals surface area contributed by atoms with Crippen LogP contribution in [0.3, 0.4) is 0 Å². The van der Waals surface area contributed by atoms with Gasteiger partial charge in [0.15, 0.2) is 22.9 Å². The highest BCUT2D eigenvalue weighted by Crippen LogP contribution is 2.77. The molecule has 11 heteroatoms. The predicted molar refractivity (Wildman–Crippen MR) is 179 cm³/mol. The number of phenolic OH excluding ortho intramolecular Hbond substituents is 1. The van der Waals surface area contributed by atoms with Gasteiger partial charge in [-0.3, -0.25) is 19.2 Å². The number of aliphatic hydroxyl groups is 2. The molecule has 2 aromatic carbocycles. The summed E-state index contributed by atoms with van der Waals surface area (Å²) < 4.78 is 23.1. The van der Waals surface area contributed by atoms with Gasteiger partial charge in [-0.1, -0.05) is 69.3 Å². The maximum Gasteiger partial charge on any atom is 0.310 e. The first-order valence-electron chi connectivity index (χ1n) is 16.8. The minimum atomic E-state index is -2.08. The maximum atomic E-state index is 13.7. The van der Waals surface area contributed by atoms with Crippen LogP contribution in [-0.2, 0) is 46.2 Å². The minimum absolute atomic E-state index is 0.0236. The van der Waals surface area contributed by atoms with Gasteiger partial charge in [0.1, 0.15) is 18.3 Å². The van der Waals surface area contributed by atoms with Crippen molar-refractivity contribution in [1.29, 1.82) is 0 Å². The second-order valence-electron chi connectivity index (χ2n) is 14.8. The number of hydrogen-bond acceptors (Lipinski definition) is 11. The number of carbonyl (C=O) groups excluding carboxylic acids is 4. The van der Waals surface area contributed by atoms with Crippen LogP contribution in [0.25, 0.3) is 0 Å². The van der Waals surface area contributed by atoms with Crippen molar-refractivity contribution in [3.63, 3.8) is 0 Å². The Bertz CT molecular complexity index is 1790. The molecule has 0 aliphatic heterocycles. The molecule has 0 saturated heterocycles. The number of aromatic hydroxyl groups is 1. The SMILES string of the molecule is COc1cc(CC(=O)OCC2=C[C@H]3[C@@H]4C(C)(C)[C@]4(OC(=O)Cc4ccccc4)[C@H](OC(C)=O)[C@@H](C)[C@]3(O)[C@@H]3C=C(C)C(=O)[C@@]3(O)C2)ccc1O. The fourth-order valence-corrected chi connectivity index (χ4v) is 9.20. The molecule has 0 radical (unpaired) electrons. The molecule has 11 nitrogen and oxygen atoms in total. The molecule has 266 valence electrons. The summed E-state index contributed by atoms with van der Waals surface area (Å²) in [6, 6.07) is 13.6. The Morgan fingerprint density at radius 1 is 0.960 bits per heavy atom. The van der Waals surface area contributed by atoms with Crippen LogP contribution in [0.5, 0.6) is 11.5 Å². The molecule has 0 aromatic heterocycles. The van der Waals surface area contributed by atoms with E-state index in [1.807, 2.05) is 44.2 Å². The highest BCUT2D eigenvalue weighted by atomic mass is 16.6. The summed E-state index contributed by atoms with van der Waals surface area (Å²) in [5.41, 5.74) is -4.12. The van der Waals surface area contributed by atoms with Crippen LogP contribution in [-0.4, -0.2) is 75.6 Å². The van der Waals surface area contributed by atoms with Crippen molar-refractivity contribution in [3.05, 3.63) is 83.0 Å². The molecule has 6 rings (SSSR count). The summed E-state index contributed by atoms with van der Waals surface area (Å²) in [6.07, 6.45) is 1.85. The number of phenols is 1. The molecule has 0 spiro atoms. The second kappa shape index (κ2) is 12.4. The zero-order chi connectivity index (χ0) is 36.4. The molecule has 50 heavy (non-hydrogen) atoms. The highest BCUT2D eigenvalue weighted by molar-refractivity contribution is 6.05. The molecule has 0 heterocycles. The Morgan fingerprint density at radius 2 is 1.64 bits per heavy atom. The van der Waals surface area contributed by atoms with Gasteiger partial charge in [0.05, 0.1) is 25.6 Å².